The molecule has 184 valence electrons. The molecule has 4 heterocycles. The SMILES string of the molecule is N#Cc1cnc(NCC2CCN(C(=O)[C@@H](N)CO)CC2)nc1-c1c[nH]c2ncc(C(F)(F)F)cc12. The highest BCUT2D eigenvalue weighted by molar-refractivity contribution is 5.94. The number of aromatic amines is 1. The number of nitrogens with two attached hydrogens (primary N) is 1. The normalized spacial score (nSPS) is 15.7. The van der Waals surface area contributed by atoms with E-state index in [0.29, 0.717) is 38.0 Å². The van der Waals surface area contributed by atoms with E-state index >= 15 is 0 Å². The van der Waals surface area contributed by atoms with Gasteiger partial charge in [-0.1, -0.05) is 0 Å². The van der Waals surface area contributed by atoms with Crippen LogP contribution in [0.3, 0.4) is 0 Å². The minimum atomic E-state index is -4.56. The van der Waals surface area contributed by atoms with Crippen molar-refractivity contribution in [3.8, 4) is 17.3 Å². The van der Waals surface area contributed by atoms with Crippen LogP contribution in [0.4, 0.5) is 19.1 Å². The van der Waals surface area contributed by atoms with Crippen molar-refractivity contribution < 1.29 is 23.1 Å². The molecule has 3 aromatic heterocycles. The molecule has 1 aliphatic rings. The number of fused-ring (bicyclic) bond motifs is 1. The van der Waals surface area contributed by atoms with Gasteiger partial charge in [0.05, 0.1) is 29.6 Å². The average molecular weight is 488 g/mol. The first-order chi connectivity index (χ1) is 16.7. The molecule has 3 aromatic rings. The fraction of sp³-hybridized carbons (Fsp3) is 0.409. The molecule has 13 heteroatoms. The van der Waals surface area contributed by atoms with E-state index in [9.17, 15) is 23.2 Å². The fourth-order valence-corrected chi connectivity index (χ4v) is 4.01. The molecule has 1 fully saturated rings. The number of H-pyrrole nitrogens is 1. The van der Waals surface area contributed by atoms with Gasteiger partial charge in [-0.2, -0.15) is 18.4 Å². The van der Waals surface area contributed by atoms with Crippen molar-refractivity contribution in [1.29, 1.82) is 5.26 Å². The van der Waals surface area contributed by atoms with Gasteiger partial charge in [0.15, 0.2) is 0 Å². The molecule has 10 nitrogen and oxygen atoms in total. The molecule has 1 amide bonds. The van der Waals surface area contributed by atoms with Crippen molar-refractivity contribution in [3.63, 3.8) is 0 Å². The molecule has 0 saturated carbocycles. The predicted molar refractivity (Wildman–Crippen MR) is 120 cm³/mol. The Morgan fingerprint density at radius 2 is 2.09 bits per heavy atom. The quantitative estimate of drug-likeness (QED) is 0.410. The third kappa shape index (κ3) is 5.18. The van der Waals surface area contributed by atoms with E-state index in [1.807, 2.05) is 6.07 Å². The molecule has 4 rings (SSSR count). The molecule has 0 radical (unpaired) electrons. The smallest absolute Gasteiger partial charge is 0.394 e. The van der Waals surface area contributed by atoms with Crippen LogP contribution in [0.25, 0.3) is 22.3 Å². The Kier molecular flexibility index (Phi) is 6.86. The van der Waals surface area contributed by atoms with Gasteiger partial charge in [-0.05, 0) is 24.8 Å². The predicted octanol–water partition coefficient (Wildman–Crippen LogP) is 1.88. The Morgan fingerprint density at radius 1 is 1.34 bits per heavy atom. The van der Waals surface area contributed by atoms with Crippen LogP contribution < -0.4 is 11.1 Å². The zero-order valence-corrected chi connectivity index (χ0v) is 18.5. The molecule has 0 bridgehead atoms. The number of rotatable bonds is 6. The number of alkyl halides is 3. The van der Waals surface area contributed by atoms with E-state index in [1.54, 1.807) is 4.90 Å². The van der Waals surface area contributed by atoms with Crippen LogP contribution in [0.15, 0.2) is 24.7 Å². The molecular formula is C22H23F3N8O2. The van der Waals surface area contributed by atoms with Crippen molar-refractivity contribution in [1.82, 2.24) is 24.8 Å². The second-order valence-corrected chi connectivity index (χ2v) is 8.33. The van der Waals surface area contributed by atoms with E-state index in [0.717, 1.165) is 12.3 Å². The number of carbonyl (C=O) groups excluding carboxylic acids is 1. The van der Waals surface area contributed by atoms with Crippen LogP contribution in [0.5, 0.6) is 0 Å². The number of amides is 1. The molecular weight excluding hydrogens is 465 g/mol. The van der Waals surface area contributed by atoms with Gasteiger partial charge in [-0.3, -0.25) is 4.79 Å². The number of anilines is 1. The maximum Gasteiger partial charge on any atom is 0.417 e. The number of hydrogen-bond donors (Lipinski definition) is 4. The van der Waals surface area contributed by atoms with Gasteiger partial charge in [-0.25, -0.2) is 15.0 Å². The van der Waals surface area contributed by atoms with E-state index in [4.69, 9.17) is 10.8 Å². The summed E-state index contributed by atoms with van der Waals surface area (Å²) in [7, 11) is 0. The number of aliphatic hydroxyl groups is 1. The number of nitriles is 1. The highest BCUT2D eigenvalue weighted by Crippen LogP contribution is 2.34. The summed E-state index contributed by atoms with van der Waals surface area (Å²) < 4.78 is 39.6. The summed E-state index contributed by atoms with van der Waals surface area (Å²) >= 11 is 0. The topological polar surface area (TPSA) is 157 Å². The lowest BCUT2D eigenvalue weighted by Crippen LogP contribution is -2.49. The Balaban J connectivity index is 1.50. The van der Waals surface area contributed by atoms with Crippen molar-refractivity contribution in [3.05, 3.63) is 35.8 Å². The monoisotopic (exact) mass is 488 g/mol. The lowest BCUT2D eigenvalue weighted by atomic mass is 9.96. The van der Waals surface area contributed by atoms with Crippen molar-refractivity contribution in [2.75, 3.05) is 31.6 Å². The van der Waals surface area contributed by atoms with E-state index in [1.165, 1.54) is 12.4 Å². The maximum absolute atomic E-state index is 13.2. The number of nitrogens with one attached hydrogen (secondary N) is 2. The van der Waals surface area contributed by atoms with Gasteiger partial charge in [0.25, 0.3) is 0 Å². The highest BCUT2D eigenvalue weighted by atomic mass is 19.4. The minimum Gasteiger partial charge on any atom is -0.394 e. The molecule has 1 aliphatic heterocycles. The standard InChI is InChI=1S/C22H23F3N8O2/c23-22(24,25)14-5-15-16(10-29-19(15)28-9-14)18-13(6-26)8-31-21(32-18)30-7-12-1-3-33(4-2-12)20(35)17(27)11-34/h5,8-10,12,17,34H,1-4,7,11,27H2,(H,28,29)(H,30,31,32)/t17-/m0/s1. The third-order valence-electron chi connectivity index (χ3n) is 6.01. The molecule has 0 unspecified atom stereocenters. The second-order valence-electron chi connectivity index (χ2n) is 8.33. The number of hydrogen-bond acceptors (Lipinski definition) is 8. The maximum atomic E-state index is 13.2. The van der Waals surface area contributed by atoms with Gasteiger partial charge in [0.2, 0.25) is 11.9 Å². The molecule has 0 aromatic carbocycles. The second kappa shape index (κ2) is 9.85. The summed E-state index contributed by atoms with van der Waals surface area (Å²) in [6, 6.07) is 2.04. The summed E-state index contributed by atoms with van der Waals surface area (Å²) in [5.74, 6) is 0.175. The molecule has 5 N–H and O–H groups in total. The van der Waals surface area contributed by atoms with Crippen LogP contribution in [0.1, 0.15) is 24.0 Å². The van der Waals surface area contributed by atoms with E-state index in [2.05, 4.69) is 25.3 Å². The first-order valence-corrected chi connectivity index (χ1v) is 10.9. The fourth-order valence-electron chi connectivity index (χ4n) is 4.01. The van der Waals surface area contributed by atoms with Gasteiger partial charge in [-0.15, -0.1) is 0 Å². The van der Waals surface area contributed by atoms with E-state index < -0.39 is 24.4 Å². The number of aromatic nitrogens is 4. The Labute approximate surface area is 198 Å². The van der Waals surface area contributed by atoms with Crippen LogP contribution in [0.2, 0.25) is 0 Å². The van der Waals surface area contributed by atoms with Crippen LogP contribution in [-0.2, 0) is 11.0 Å². The number of aliphatic hydroxyl groups excluding tert-OH is 1. The average Bonchev–Trinajstić information content (AvgIpc) is 3.29. The number of piperidine rings is 1. The van der Waals surface area contributed by atoms with Crippen LogP contribution in [0, 0.1) is 17.2 Å². The van der Waals surface area contributed by atoms with Gasteiger partial charge < -0.3 is 26.0 Å². The largest absolute Gasteiger partial charge is 0.417 e. The van der Waals surface area contributed by atoms with Gasteiger partial charge in [0, 0.05) is 43.0 Å². The summed E-state index contributed by atoms with van der Waals surface area (Å²) in [6.45, 7) is 1.14. The van der Waals surface area contributed by atoms with Gasteiger partial charge in [0.1, 0.15) is 17.8 Å². The molecule has 1 atom stereocenters. The summed E-state index contributed by atoms with van der Waals surface area (Å²) in [4.78, 5) is 29.0. The Morgan fingerprint density at radius 3 is 2.74 bits per heavy atom. The first kappa shape index (κ1) is 24.4. The summed E-state index contributed by atoms with van der Waals surface area (Å²) in [5, 5.41) is 21.9. The highest BCUT2D eigenvalue weighted by Gasteiger charge is 2.32. The number of pyridine rings is 1. The van der Waals surface area contributed by atoms with Gasteiger partial charge >= 0.3 is 6.18 Å². The zero-order valence-electron chi connectivity index (χ0n) is 18.5. The minimum absolute atomic E-state index is 0.112. The number of halogens is 3. The molecule has 0 aliphatic carbocycles. The van der Waals surface area contributed by atoms with Crippen molar-refractivity contribution in [2.45, 2.75) is 25.1 Å². The lowest BCUT2D eigenvalue weighted by Gasteiger charge is -2.33. The van der Waals surface area contributed by atoms with E-state index in [-0.39, 0.29) is 40.1 Å². The summed E-state index contributed by atoms with van der Waals surface area (Å²) in [5.41, 5.74) is 5.56. The first-order valence-electron chi connectivity index (χ1n) is 10.9. The van der Waals surface area contributed by atoms with Crippen LogP contribution in [-0.4, -0.2) is 68.1 Å². The molecule has 35 heavy (non-hydrogen) atoms. The number of nitrogens with zero attached hydrogens (tertiary/aromatic N) is 5. The summed E-state index contributed by atoms with van der Waals surface area (Å²) in [6.07, 6.45) is 0.409. The Hall–Kier alpha value is -3.76. The molecule has 0 spiro atoms. The van der Waals surface area contributed by atoms with Crippen molar-refractivity contribution in [2.24, 2.45) is 11.7 Å². The third-order valence-corrected chi connectivity index (χ3v) is 6.01. The zero-order chi connectivity index (χ0) is 25.2. The Bertz CT molecular complexity index is 1260. The number of carbonyl (C=O) groups is 1. The number of likely N-dealkylation sites (tertiary alicyclic amines) is 1. The lowest BCUT2D eigenvalue weighted by molar-refractivity contribution is -0.137. The van der Waals surface area contributed by atoms with Crippen LogP contribution >= 0.6 is 0 Å². The molecule has 1 saturated heterocycles. The van der Waals surface area contributed by atoms with Crippen molar-refractivity contribution >= 4 is 22.9 Å².